The van der Waals surface area contributed by atoms with Gasteiger partial charge in [0.05, 0.1) is 11.8 Å². The van der Waals surface area contributed by atoms with Gasteiger partial charge < -0.3 is 4.90 Å². The predicted octanol–water partition coefficient (Wildman–Crippen LogP) is 3.26. The van der Waals surface area contributed by atoms with E-state index in [2.05, 4.69) is 20.9 Å². The van der Waals surface area contributed by atoms with Crippen LogP contribution in [0.3, 0.4) is 0 Å². The molecule has 0 spiro atoms. The van der Waals surface area contributed by atoms with Crippen LogP contribution >= 0.6 is 15.9 Å². The maximum atomic E-state index is 13.5. The van der Waals surface area contributed by atoms with Gasteiger partial charge in [0, 0.05) is 24.3 Å². The van der Waals surface area contributed by atoms with Gasteiger partial charge in [-0.3, -0.25) is 9.78 Å². The molecule has 0 fully saturated rings. The lowest BCUT2D eigenvalue weighted by molar-refractivity contribution is 0.0780. The molecule has 1 amide bonds. The van der Waals surface area contributed by atoms with Gasteiger partial charge in [-0.05, 0) is 17.7 Å². The Morgan fingerprint density at radius 1 is 1.37 bits per heavy atom. The van der Waals surface area contributed by atoms with Crippen LogP contribution in [0.5, 0.6) is 0 Å². The number of halogens is 2. The number of carbonyl (C=O) groups excluding carboxylic acids is 1. The van der Waals surface area contributed by atoms with Crippen molar-refractivity contribution in [1.82, 2.24) is 9.88 Å². The third-order valence-corrected chi connectivity index (χ3v) is 3.49. The number of pyridine rings is 1. The second-order valence-corrected chi connectivity index (χ2v) is 4.96. The van der Waals surface area contributed by atoms with E-state index in [-0.39, 0.29) is 11.5 Å². The Hall–Kier alpha value is -1.75. The van der Waals surface area contributed by atoms with E-state index in [4.69, 9.17) is 0 Å². The van der Waals surface area contributed by atoms with Crippen molar-refractivity contribution >= 4 is 21.8 Å². The monoisotopic (exact) mass is 322 g/mol. The minimum atomic E-state index is -0.605. The number of amides is 1. The molecule has 0 bridgehead atoms. The topological polar surface area (TPSA) is 33.2 Å². The van der Waals surface area contributed by atoms with Gasteiger partial charge in [-0.2, -0.15) is 0 Å². The molecule has 0 aliphatic heterocycles. The molecule has 0 N–H and O–H groups in total. The van der Waals surface area contributed by atoms with Gasteiger partial charge in [0.1, 0.15) is 0 Å². The van der Waals surface area contributed by atoms with Crippen LogP contribution in [0.25, 0.3) is 0 Å². The summed E-state index contributed by atoms with van der Waals surface area (Å²) in [5, 5.41) is 0. The Morgan fingerprint density at radius 2 is 2.11 bits per heavy atom. The van der Waals surface area contributed by atoms with Crippen molar-refractivity contribution in [3.63, 3.8) is 0 Å². The smallest absolute Gasteiger partial charge is 0.256 e. The van der Waals surface area contributed by atoms with E-state index in [0.717, 1.165) is 16.2 Å². The van der Waals surface area contributed by atoms with E-state index in [9.17, 15) is 9.18 Å². The standard InChI is InChI=1S/C14H12BrFN2O/c1-18(9-10-4-2-3-5-12(10)15)14(19)11-6-7-17-8-13(11)16/h2-8H,9H2,1H3. The molecule has 0 saturated carbocycles. The molecule has 5 heteroatoms. The SMILES string of the molecule is CN(Cc1ccccc1Br)C(=O)c1ccncc1F. The zero-order valence-corrected chi connectivity index (χ0v) is 11.9. The number of aromatic nitrogens is 1. The van der Waals surface area contributed by atoms with Crippen molar-refractivity contribution in [1.29, 1.82) is 0 Å². The zero-order valence-electron chi connectivity index (χ0n) is 10.3. The van der Waals surface area contributed by atoms with E-state index in [1.165, 1.54) is 17.2 Å². The molecule has 0 aliphatic rings. The Morgan fingerprint density at radius 3 is 2.79 bits per heavy atom. The summed E-state index contributed by atoms with van der Waals surface area (Å²) in [5.41, 5.74) is 0.998. The molecule has 1 aromatic carbocycles. The van der Waals surface area contributed by atoms with Crippen molar-refractivity contribution < 1.29 is 9.18 Å². The summed E-state index contributed by atoms with van der Waals surface area (Å²) >= 11 is 3.42. The summed E-state index contributed by atoms with van der Waals surface area (Å²) in [5.74, 6) is -0.970. The highest BCUT2D eigenvalue weighted by molar-refractivity contribution is 9.10. The summed E-state index contributed by atoms with van der Waals surface area (Å²) in [6.07, 6.45) is 2.45. The van der Waals surface area contributed by atoms with Crippen LogP contribution in [0.2, 0.25) is 0 Å². The number of carbonyl (C=O) groups is 1. The fraction of sp³-hybridized carbons (Fsp3) is 0.143. The molecular weight excluding hydrogens is 311 g/mol. The Kier molecular flexibility index (Phi) is 4.27. The van der Waals surface area contributed by atoms with E-state index in [1.54, 1.807) is 7.05 Å². The first-order valence-corrected chi connectivity index (χ1v) is 6.47. The summed E-state index contributed by atoms with van der Waals surface area (Å²) in [7, 11) is 1.64. The number of hydrogen-bond donors (Lipinski definition) is 0. The minimum Gasteiger partial charge on any atom is -0.337 e. The van der Waals surface area contributed by atoms with E-state index >= 15 is 0 Å². The lowest BCUT2D eigenvalue weighted by Crippen LogP contribution is -2.27. The lowest BCUT2D eigenvalue weighted by atomic mass is 10.2. The second-order valence-electron chi connectivity index (χ2n) is 4.11. The number of benzene rings is 1. The highest BCUT2D eigenvalue weighted by atomic mass is 79.9. The van der Waals surface area contributed by atoms with Gasteiger partial charge in [-0.1, -0.05) is 34.1 Å². The van der Waals surface area contributed by atoms with Crippen LogP contribution in [-0.2, 0) is 6.54 Å². The molecule has 1 aromatic heterocycles. The van der Waals surface area contributed by atoms with Crippen molar-refractivity contribution in [3.05, 3.63) is 64.1 Å². The molecule has 2 aromatic rings. The van der Waals surface area contributed by atoms with Crippen molar-refractivity contribution in [2.45, 2.75) is 6.54 Å². The second kappa shape index (κ2) is 5.93. The predicted molar refractivity (Wildman–Crippen MR) is 74.1 cm³/mol. The molecule has 3 nitrogen and oxygen atoms in total. The Bertz CT molecular complexity index is 604. The Labute approximate surface area is 119 Å². The summed E-state index contributed by atoms with van der Waals surface area (Å²) in [6, 6.07) is 9.00. The van der Waals surface area contributed by atoms with Crippen LogP contribution in [0.4, 0.5) is 4.39 Å². The van der Waals surface area contributed by atoms with Gasteiger partial charge in [0.25, 0.3) is 5.91 Å². The fourth-order valence-electron chi connectivity index (χ4n) is 1.71. The maximum absolute atomic E-state index is 13.5. The minimum absolute atomic E-state index is 0.0320. The molecule has 0 saturated heterocycles. The highest BCUT2D eigenvalue weighted by Crippen LogP contribution is 2.18. The average molecular weight is 323 g/mol. The van der Waals surface area contributed by atoms with Crippen LogP contribution < -0.4 is 0 Å². The zero-order chi connectivity index (χ0) is 13.8. The third kappa shape index (κ3) is 3.17. The van der Waals surface area contributed by atoms with Crippen LogP contribution in [0.15, 0.2) is 47.2 Å². The number of hydrogen-bond acceptors (Lipinski definition) is 2. The molecule has 0 unspecified atom stereocenters. The van der Waals surface area contributed by atoms with E-state index in [1.807, 2.05) is 24.3 Å². The highest BCUT2D eigenvalue weighted by Gasteiger charge is 2.16. The van der Waals surface area contributed by atoms with Gasteiger partial charge in [0.15, 0.2) is 5.82 Å². The molecule has 19 heavy (non-hydrogen) atoms. The number of nitrogens with zero attached hydrogens (tertiary/aromatic N) is 2. The van der Waals surface area contributed by atoms with E-state index < -0.39 is 5.82 Å². The van der Waals surface area contributed by atoms with Crippen LogP contribution in [0, 0.1) is 5.82 Å². The Balaban J connectivity index is 2.17. The molecule has 98 valence electrons. The maximum Gasteiger partial charge on any atom is 0.256 e. The van der Waals surface area contributed by atoms with E-state index in [0.29, 0.717) is 6.54 Å². The van der Waals surface area contributed by atoms with Gasteiger partial charge in [-0.15, -0.1) is 0 Å². The normalized spacial score (nSPS) is 10.3. The molecule has 0 aliphatic carbocycles. The number of rotatable bonds is 3. The van der Waals surface area contributed by atoms with Crippen molar-refractivity contribution in [2.24, 2.45) is 0 Å². The quantitative estimate of drug-likeness (QED) is 0.869. The molecule has 0 radical (unpaired) electrons. The molecule has 0 atom stereocenters. The average Bonchev–Trinajstić information content (AvgIpc) is 2.41. The van der Waals surface area contributed by atoms with Gasteiger partial charge in [-0.25, -0.2) is 4.39 Å². The van der Waals surface area contributed by atoms with Crippen LogP contribution in [0.1, 0.15) is 15.9 Å². The summed E-state index contributed by atoms with van der Waals surface area (Å²) in [4.78, 5) is 17.2. The lowest BCUT2D eigenvalue weighted by Gasteiger charge is -2.18. The van der Waals surface area contributed by atoms with Crippen molar-refractivity contribution in [3.8, 4) is 0 Å². The first kappa shape index (κ1) is 13.7. The first-order valence-electron chi connectivity index (χ1n) is 5.68. The summed E-state index contributed by atoms with van der Waals surface area (Å²) in [6.45, 7) is 0.405. The molecular formula is C14H12BrFN2O. The molecule has 2 rings (SSSR count). The molecule has 1 heterocycles. The fourth-order valence-corrected chi connectivity index (χ4v) is 2.12. The first-order chi connectivity index (χ1) is 9.09. The van der Waals surface area contributed by atoms with Gasteiger partial charge >= 0.3 is 0 Å². The summed E-state index contributed by atoms with van der Waals surface area (Å²) < 4.78 is 14.4. The third-order valence-electron chi connectivity index (χ3n) is 2.71. The van der Waals surface area contributed by atoms with Crippen molar-refractivity contribution in [2.75, 3.05) is 7.05 Å². The largest absolute Gasteiger partial charge is 0.337 e. The van der Waals surface area contributed by atoms with Gasteiger partial charge in [0.2, 0.25) is 0 Å². The van der Waals surface area contributed by atoms with Crippen LogP contribution in [-0.4, -0.2) is 22.8 Å².